The first kappa shape index (κ1) is 21.0. The van der Waals surface area contributed by atoms with Crippen molar-refractivity contribution in [2.45, 2.75) is 43.9 Å². The Morgan fingerprint density at radius 1 is 1.11 bits per heavy atom. The highest BCUT2D eigenvalue weighted by Crippen LogP contribution is 2.33. The van der Waals surface area contributed by atoms with Crippen LogP contribution in [0.2, 0.25) is 0 Å². The third-order valence-electron chi connectivity index (χ3n) is 3.75. The molecule has 0 aliphatic heterocycles. The van der Waals surface area contributed by atoms with Crippen molar-refractivity contribution in [1.82, 2.24) is 10.0 Å². The first-order valence-electron chi connectivity index (χ1n) is 7.97. The molecule has 1 heterocycles. The fourth-order valence-electron chi connectivity index (χ4n) is 2.38. The summed E-state index contributed by atoms with van der Waals surface area (Å²) >= 11 is 0. The van der Waals surface area contributed by atoms with Crippen molar-refractivity contribution < 1.29 is 30.8 Å². The van der Waals surface area contributed by atoms with Gasteiger partial charge in [0.25, 0.3) is 0 Å². The largest absolute Gasteiger partial charge is 0.464 e. The number of sulfonamides is 1. The van der Waals surface area contributed by atoms with Crippen LogP contribution in [0.5, 0.6) is 0 Å². The van der Waals surface area contributed by atoms with Crippen molar-refractivity contribution in [3.8, 4) is 0 Å². The van der Waals surface area contributed by atoms with Gasteiger partial charge in [0.1, 0.15) is 11.5 Å². The van der Waals surface area contributed by atoms with Gasteiger partial charge in [-0.05, 0) is 45.0 Å². The minimum atomic E-state index is -4.84. The molecule has 148 valence electrons. The van der Waals surface area contributed by atoms with Crippen molar-refractivity contribution in [1.29, 1.82) is 0 Å². The van der Waals surface area contributed by atoms with Gasteiger partial charge in [0.05, 0.1) is 22.5 Å². The highest BCUT2D eigenvalue weighted by Gasteiger charge is 2.37. The maximum absolute atomic E-state index is 13.1. The highest BCUT2D eigenvalue weighted by atomic mass is 32.2. The van der Waals surface area contributed by atoms with Gasteiger partial charge in [-0.3, -0.25) is 4.79 Å². The van der Waals surface area contributed by atoms with Crippen LogP contribution in [0.1, 0.15) is 37.0 Å². The van der Waals surface area contributed by atoms with Crippen LogP contribution in [0.3, 0.4) is 0 Å². The van der Waals surface area contributed by atoms with Gasteiger partial charge in [0.2, 0.25) is 15.9 Å². The van der Waals surface area contributed by atoms with E-state index in [4.69, 9.17) is 4.42 Å². The van der Waals surface area contributed by atoms with E-state index >= 15 is 0 Å². The summed E-state index contributed by atoms with van der Waals surface area (Å²) in [6.07, 6.45) is -4.84. The Balaban J connectivity index is 2.14. The second-order valence-electron chi connectivity index (χ2n) is 6.02. The Bertz CT molecular complexity index is 922. The van der Waals surface area contributed by atoms with Gasteiger partial charge in [-0.2, -0.15) is 17.9 Å². The molecule has 0 saturated heterocycles. The minimum Gasteiger partial charge on any atom is -0.464 e. The molecule has 0 radical (unpaired) electrons. The Labute approximate surface area is 154 Å². The Kier molecular flexibility index (Phi) is 6.01. The lowest BCUT2D eigenvalue weighted by atomic mass is 10.2. The molecule has 2 aromatic rings. The molecule has 1 aromatic heterocycles. The molecular formula is C17H19F3N2O4S. The SMILES string of the molecule is Cc1ccc(C(C)NC(=O)[C@H](C)NS(=O)(=O)c2ccccc2C(F)(F)F)o1. The number of amides is 1. The van der Waals surface area contributed by atoms with E-state index in [2.05, 4.69) is 5.32 Å². The van der Waals surface area contributed by atoms with E-state index < -0.39 is 44.6 Å². The molecule has 2 rings (SSSR count). The van der Waals surface area contributed by atoms with Crippen LogP contribution < -0.4 is 10.0 Å². The number of halogens is 3. The number of furan rings is 1. The highest BCUT2D eigenvalue weighted by molar-refractivity contribution is 7.89. The maximum atomic E-state index is 13.1. The van der Waals surface area contributed by atoms with Crippen molar-refractivity contribution in [2.75, 3.05) is 0 Å². The topological polar surface area (TPSA) is 88.4 Å². The molecule has 0 aliphatic carbocycles. The third kappa shape index (κ3) is 5.10. The van der Waals surface area contributed by atoms with Crippen LogP contribution in [0.4, 0.5) is 13.2 Å². The second kappa shape index (κ2) is 7.73. The molecule has 10 heteroatoms. The monoisotopic (exact) mass is 404 g/mol. The number of alkyl halides is 3. The predicted octanol–water partition coefficient (Wildman–Crippen LogP) is 3.15. The molecule has 1 amide bonds. The van der Waals surface area contributed by atoms with E-state index in [9.17, 15) is 26.4 Å². The predicted molar refractivity (Wildman–Crippen MR) is 91.2 cm³/mol. The summed E-state index contributed by atoms with van der Waals surface area (Å²) in [5.74, 6) is 0.409. The molecule has 1 unspecified atom stereocenters. The van der Waals surface area contributed by atoms with Crippen LogP contribution in [-0.2, 0) is 21.0 Å². The lowest BCUT2D eigenvalue weighted by Crippen LogP contribution is -2.45. The zero-order valence-electron chi connectivity index (χ0n) is 14.8. The second-order valence-corrected chi connectivity index (χ2v) is 7.70. The van der Waals surface area contributed by atoms with Crippen LogP contribution in [0.15, 0.2) is 45.7 Å². The molecule has 0 fully saturated rings. The van der Waals surface area contributed by atoms with E-state index in [1.807, 2.05) is 4.72 Å². The average molecular weight is 404 g/mol. The summed E-state index contributed by atoms with van der Waals surface area (Å²) in [7, 11) is -4.57. The van der Waals surface area contributed by atoms with E-state index in [0.717, 1.165) is 12.1 Å². The normalized spacial score (nSPS) is 14.6. The Hall–Kier alpha value is -2.33. The molecule has 27 heavy (non-hydrogen) atoms. The first-order chi connectivity index (χ1) is 12.4. The zero-order valence-corrected chi connectivity index (χ0v) is 15.6. The van der Waals surface area contributed by atoms with E-state index in [1.54, 1.807) is 26.0 Å². The van der Waals surface area contributed by atoms with Crippen molar-refractivity contribution >= 4 is 15.9 Å². The summed E-state index contributed by atoms with van der Waals surface area (Å²) in [5, 5.41) is 2.55. The standard InChI is InChI=1S/C17H19F3N2O4S/c1-10-8-9-14(26-10)11(2)21-16(23)12(3)22-27(24,25)15-7-5-4-6-13(15)17(18,19)20/h4-9,11-12,22H,1-3H3,(H,21,23)/t11?,12-/m0/s1. The quantitative estimate of drug-likeness (QED) is 0.774. The van der Waals surface area contributed by atoms with Gasteiger partial charge < -0.3 is 9.73 Å². The van der Waals surface area contributed by atoms with Gasteiger partial charge >= 0.3 is 6.18 Å². The third-order valence-corrected chi connectivity index (χ3v) is 5.35. The molecule has 1 aromatic carbocycles. The number of rotatable bonds is 6. The summed E-state index contributed by atoms with van der Waals surface area (Å²) in [4.78, 5) is 11.3. The van der Waals surface area contributed by atoms with Crippen molar-refractivity contribution in [3.63, 3.8) is 0 Å². The fourth-order valence-corrected chi connectivity index (χ4v) is 3.81. The molecule has 0 spiro atoms. The summed E-state index contributed by atoms with van der Waals surface area (Å²) in [6.45, 7) is 4.60. The van der Waals surface area contributed by atoms with Crippen LogP contribution in [-0.4, -0.2) is 20.4 Å². The maximum Gasteiger partial charge on any atom is 0.417 e. The number of carbonyl (C=O) groups excluding carboxylic acids is 1. The fraction of sp³-hybridized carbons (Fsp3) is 0.353. The number of hydrogen-bond acceptors (Lipinski definition) is 4. The van der Waals surface area contributed by atoms with Gasteiger partial charge in [-0.25, -0.2) is 8.42 Å². The number of carbonyl (C=O) groups is 1. The summed E-state index contributed by atoms with van der Waals surface area (Å²) in [5.41, 5.74) is -1.30. The lowest BCUT2D eigenvalue weighted by Gasteiger charge is -2.19. The lowest BCUT2D eigenvalue weighted by molar-refractivity contribution is -0.139. The van der Waals surface area contributed by atoms with Crippen molar-refractivity contribution in [3.05, 3.63) is 53.5 Å². The van der Waals surface area contributed by atoms with E-state index in [1.165, 1.54) is 13.0 Å². The smallest absolute Gasteiger partial charge is 0.417 e. The molecular weight excluding hydrogens is 385 g/mol. The van der Waals surface area contributed by atoms with Gasteiger partial charge in [-0.1, -0.05) is 12.1 Å². The molecule has 0 bridgehead atoms. The first-order valence-corrected chi connectivity index (χ1v) is 9.45. The van der Waals surface area contributed by atoms with Gasteiger partial charge in [0.15, 0.2) is 0 Å². The molecule has 2 atom stereocenters. The van der Waals surface area contributed by atoms with Crippen LogP contribution in [0.25, 0.3) is 0 Å². The molecule has 0 saturated carbocycles. The number of benzene rings is 1. The molecule has 6 nitrogen and oxygen atoms in total. The van der Waals surface area contributed by atoms with Crippen LogP contribution >= 0.6 is 0 Å². The summed E-state index contributed by atoms with van der Waals surface area (Å²) in [6, 6.07) is 5.30. The Morgan fingerprint density at radius 3 is 2.30 bits per heavy atom. The van der Waals surface area contributed by atoms with Gasteiger partial charge in [0, 0.05) is 0 Å². The van der Waals surface area contributed by atoms with Gasteiger partial charge in [-0.15, -0.1) is 0 Å². The van der Waals surface area contributed by atoms with Crippen LogP contribution in [0, 0.1) is 6.92 Å². The summed E-state index contributed by atoms with van der Waals surface area (Å²) < 4.78 is 71.2. The zero-order chi connectivity index (χ0) is 20.4. The molecule has 0 aliphatic rings. The minimum absolute atomic E-state index is 0.471. The van der Waals surface area contributed by atoms with Crippen molar-refractivity contribution in [2.24, 2.45) is 0 Å². The number of hydrogen-bond donors (Lipinski definition) is 2. The Morgan fingerprint density at radius 2 is 1.74 bits per heavy atom. The van der Waals surface area contributed by atoms with E-state index in [-0.39, 0.29) is 0 Å². The molecule has 2 N–H and O–H groups in total. The van der Waals surface area contributed by atoms with E-state index in [0.29, 0.717) is 17.6 Å². The number of nitrogens with one attached hydrogen (secondary N) is 2. The number of aryl methyl sites for hydroxylation is 1. The average Bonchev–Trinajstić information content (AvgIpc) is 3.00.